The third kappa shape index (κ3) is 5.83. The van der Waals surface area contributed by atoms with Gasteiger partial charge in [0.25, 0.3) is 5.56 Å². The predicted octanol–water partition coefficient (Wildman–Crippen LogP) is 3.85. The highest BCUT2D eigenvalue weighted by Crippen LogP contribution is 2.21. The number of rotatable bonds is 7. The van der Waals surface area contributed by atoms with E-state index in [0.717, 1.165) is 5.56 Å². The van der Waals surface area contributed by atoms with Gasteiger partial charge in [0.2, 0.25) is 11.8 Å². The van der Waals surface area contributed by atoms with Gasteiger partial charge in [-0.15, -0.1) is 0 Å². The van der Waals surface area contributed by atoms with Crippen LogP contribution in [0.25, 0.3) is 10.9 Å². The molecule has 1 atom stereocenters. The van der Waals surface area contributed by atoms with Crippen molar-refractivity contribution in [2.24, 2.45) is 0 Å². The summed E-state index contributed by atoms with van der Waals surface area (Å²) in [6, 6.07) is 11.3. The number of hydrogen-bond acceptors (Lipinski definition) is 4. The van der Waals surface area contributed by atoms with Crippen LogP contribution < -0.4 is 10.9 Å². The van der Waals surface area contributed by atoms with E-state index in [2.05, 4.69) is 15.3 Å². The molecule has 9 heteroatoms. The van der Waals surface area contributed by atoms with E-state index >= 15 is 0 Å². The van der Waals surface area contributed by atoms with Crippen LogP contribution in [-0.4, -0.2) is 33.2 Å². The fraction of sp³-hybridized carbons (Fsp3) is 0.273. The molecular weight excluding hydrogens is 439 g/mol. The van der Waals surface area contributed by atoms with Crippen LogP contribution in [0.15, 0.2) is 47.3 Å². The Morgan fingerprint density at radius 3 is 2.45 bits per heavy atom. The Labute approximate surface area is 189 Å². The highest BCUT2D eigenvalue weighted by molar-refractivity contribution is 6.31. The van der Waals surface area contributed by atoms with E-state index in [1.807, 2.05) is 6.92 Å². The Kier molecular flexibility index (Phi) is 7.30. The number of amides is 2. The lowest BCUT2D eigenvalue weighted by atomic mass is 10.0. The predicted molar refractivity (Wildman–Crippen MR) is 121 cm³/mol. The molecular formula is C22H22Cl2N4O3. The Morgan fingerprint density at radius 1 is 1.13 bits per heavy atom. The van der Waals surface area contributed by atoms with Gasteiger partial charge in [0.15, 0.2) is 0 Å². The second kappa shape index (κ2) is 9.94. The van der Waals surface area contributed by atoms with E-state index in [9.17, 15) is 14.4 Å². The van der Waals surface area contributed by atoms with Crippen LogP contribution >= 0.6 is 23.2 Å². The van der Waals surface area contributed by atoms with Crippen molar-refractivity contribution in [3.63, 3.8) is 0 Å². The number of fused-ring (bicyclic) bond motifs is 1. The molecule has 0 aliphatic heterocycles. The van der Waals surface area contributed by atoms with Gasteiger partial charge in [-0.05, 0) is 42.8 Å². The van der Waals surface area contributed by atoms with E-state index in [4.69, 9.17) is 23.2 Å². The third-order valence-electron chi connectivity index (χ3n) is 4.82. The molecule has 1 aromatic heterocycles. The number of hydrogen-bond donors (Lipinski definition) is 2. The average Bonchev–Trinajstić information content (AvgIpc) is 2.71. The number of H-pyrrole nitrogens is 1. The normalized spacial score (nSPS) is 11.9. The quantitative estimate of drug-likeness (QED) is 0.559. The number of nitrogens with zero attached hydrogens (tertiary/aromatic N) is 2. The topological polar surface area (TPSA) is 95.2 Å². The average molecular weight is 461 g/mol. The van der Waals surface area contributed by atoms with E-state index < -0.39 is 6.04 Å². The Bertz CT molecular complexity index is 1160. The standard InChI is InChI=1S/C22H22Cl2N4O3/c1-3-28(12-20-26-19-10-16(24)8-9-17(19)22(31)27-20)21(30)11-18(25-13(2)29)14-4-6-15(23)7-5-14/h4-10,18H,3,11-12H2,1-2H3,(H,25,29)(H,26,27,31). The summed E-state index contributed by atoms with van der Waals surface area (Å²) in [5.41, 5.74) is 0.945. The van der Waals surface area contributed by atoms with Crippen LogP contribution in [0.1, 0.15) is 37.7 Å². The number of carbonyl (C=O) groups is 2. The molecule has 1 heterocycles. The first-order chi connectivity index (χ1) is 14.8. The molecule has 0 bridgehead atoms. The van der Waals surface area contributed by atoms with Crippen molar-refractivity contribution >= 4 is 45.9 Å². The second-order valence-electron chi connectivity index (χ2n) is 7.09. The lowest BCUT2D eigenvalue weighted by Gasteiger charge is -2.24. The molecule has 0 aliphatic rings. The molecule has 2 aromatic carbocycles. The molecule has 0 aliphatic carbocycles. The zero-order valence-corrected chi connectivity index (χ0v) is 18.6. The highest BCUT2D eigenvalue weighted by atomic mass is 35.5. The molecule has 0 spiro atoms. The van der Waals surface area contributed by atoms with Crippen molar-refractivity contribution in [1.29, 1.82) is 0 Å². The van der Waals surface area contributed by atoms with Gasteiger partial charge in [-0.2, -0.15) is 0 Å². The largest absolute Gasteiger partial charge is 0.349 e. The summed E-state index contributed by atoms with van der Waals surface area (Å²) in [4.78, 5) is 45.8. The molecule has 0 saturated carbocycles. The minimum Gasteiger partial charge on any atom is -0.349 e. The van der Waals surface area contributed by atoms with Gasteiger partial charge in [-0.25, -0.2) is 4.98 Å². The van der Waals surface area contributed by atoms with Crippen LogP contribution in [0.3, 0.4) is 0 Å². The number of halogens is 2. The molecule has 2 N–H and O–H groups in total. The number of nitrogens with one attached hydrogen (secondary N) is 2. The van der Waals surface area contributed by atoms with Crippen molar-refractivity contribution in [1.82, 2.24) is 20.2 Å². The first-order valence-corrected chi connectivity index (χ1v) is 10.5. The van der Waals surface area contributed by atoms with Crippen molar-refractivity contribution in [2.45, 2.75) is 32.9 Å². The fourth-order valence-corrected chi connectivity index (χ4v) is 3.58. The maximum atomic E-state index is 13.0. The van der Waals surface area contributed by atoms with Gasteiger partial charge in [0.05, 0.1) is 29.9 Å². The first kappa shape index (κ1) is 22.8. The molecule has 3 rings (SSSR count). The van der Waals surface area contributed by atoms with Crippen molar-refractivity contribution in [2.75, 3.05) is 6.54 Å². The summed E-state index contributed by atoms with van der Waals surface area (Å²) in [5.74, 6) is -0.0734. The first-order valence-electron chi connectivity index (χ1n) is 9.75. The maximum absolute atomic E-state index is 13.0. The number of carbonyl (C=O) groups excluding carboxylic acids is 2. The van der Waals surface area contributed by atoms with E-state index in [1.54, 1.807) is 47.4 Å². The van der Waals surface area contributed by atoms with Crippen LogP contribution in [0, 0.1) is 0 Å². The fourth-order valence-electron chi connectivity index (χ4n) is 3.29. The SMILES string of the molecule is CCN(Cc1nc2cc(Cl)ccc2c(=O)[nH]1)C(=O)CC(NC(C)=O)c1ccc(Cl)cc1. The molecule has 1 unspecified atom stereocenters. The Hall–Kier alpha value is -2.90. The molecule has 7 nitrogen and oxygen atoms in total. The maximum Gasteiger partial charge on any atom is 0.258 e. The van der Waals surface area contributed by atoms with E-state index in [0.29, 0.717) is 33.3 Å². The summed E-state index contributed by atoms with van der Waals surface area (Å²) < 4.78 is 0. The van der Waals surface area contributed by atoms with Gasteiger partial charge in [-0.1, -0.05) is 35.3 Å². The lowest BCUT2D eigenvalue weighted by molar-refractivity contribution is -0.132. The van der Waals surface area contributed by atoms with Crippen molar-refractivity contribution in [3.8, 4) is 0 Å². The molecule has 0 saturated heterocycles. The molecule has 3 aromatic rings. The monoisotopic (exact) mass is 460 g/mol. The lowest BCUT2D eigenvalue weighted by Crippen LogP contribution is -2.36. The molecule has 0 fully saturated rings. The van der Waals surface area contributed by atoms with Crippen LogP contribution in [0.4, 0.5) is 0 Å². The molecule has 162 valence electrons. The Balaban J connectivity index is 1.81. The van der Waals surface area contributed by atoms with Gasteiger partial charge in [0.1, 0.15) is 5.82 Å². The van der Waals surface area contributed by atoms with Gasteiger partial charge < -0.3 is 15.2 Å². The van der Waals surface area contributed by atoms with Crippen molar-refractivity contribution in [3.05, 3.63) is 74.3 Å². The zero-order valence-electron chi connectivity index (χ0n) is 17.1. The Morgan fingerprint density at radius 2 is 1.81 bits per heavy atom. The van der Waals surface area contributed by atoms with Crippen molar-refractivity contribution < 1.29 is 9.59 Å². The smallest absolute Gasteiger partial charge is 0.258 e. The highest BCUT2D eigenvalue weighted by Gasteiger charge is 2.21. The molecule has 0 radical (unpaired) electrons. The molecule has 31 heavy (non-hydrogen) atoms. The number of benzene rings is 2. The van der Waals surface area contributed by atoms with Crippen LogP contribution in [0.2, 0.25) is 10.0 Å². The van der Waals surface area contributed by atoms with E-state index in [-0.39, 0.29) is 30.3 Å². The summed E-state index contributed by atoms with van der Waals surface area (Å²) >= 11 is 12.0. The minimum atomic E-state index is -0.501. The number of aromatic nitrogens is 2. The molecule has 2 amide bonds. The summed E-state index contributed by atoms with van der Waals surface area (Å²) in [6.45, 7) is 3.77. The van der Waals surface area contributed by atoms with Gasteiger partial charge >= 0.3 is 0 Å². The van der Waals surface area contributed by atoms with Crippen LogP contribution in [-0.2, 0) is 16.1 Å². The summed E-state index contributed by atoms with van der Waals surface area (Å²) in [7, 11) is 0. The number of aromatic amines is 1. The van der Waals surface area contributed by atoms with E-state index in [1.165, 1.54) is 6.92 Å². The zero-order chi connectivity index (χ0) is 22.5. The second-order valence-corrected chi connectivity index (χ2v) is 7.96. The van der Waals surface area contributed by atoms with Gasteiger partial charge in [0, 0.05) is 23.5 Å². The van der Waals surface area contributed by atoms with Crippen LogP contribution in [0.5, 0.6) is 0 Å². The third-order valence-corrected chi connectivity index (χ3v) is 5.31. The van der Waals surface area contributed by atoms with Gasteiger partial charge in [-0.3, -0.25) is 14.4 Å². The summed E-state index contributed by atoms with van der Waals surface area (Å²) in [6.07, 6.45) is 0.0543. The summed E-state index contributed by atoms with van der Waals surface area (Å²) in [5, 5.41) is 4.28. The minimum absolute atomic E-state index is 0.0543.